The minimum absolute atomic E-state index is 0.160. The molecule has 0 radical (unpaired) electrons. The van der Waals surface area contributed by atoms with Crippen molar-refractivity contribution in [3.63, 3.8) is 0 Å². The van der Waals surface area contributed by atoms with Crippen LogP contribution < -0.4 is 4.74 Å². The number of esters is 1. The second-order valence-electron chi connectivity index (χ2n) is 11.4. The smallest absolute Gasteiger partial charge is 0.316 e. The number of rotatable bonds is 16. The maximum absolute atomic E-state index is 12.5. The molecule has 198 valence electrons. The first-order valence-electron chi connectivity index (χ1n) is 13.2. The van der Waals surface area contributed by atoms with Crippen molar-refractivity contribution in [1.29, 1.82) is 0 Å². The number of carbonyl (C=O) groups is 2. The molecule has 2 aromatic carbocycles. The Hall–Kier alpha value is -2.50. The number of hydrogen-bond acceptors (Lipinski definition) is 5. The van der Waals surface area contributed by atoms with Crippen LogP contribution in [0, 0.1) is 10.8 Å². The molecule has 2 N–H and O–H groups in total. The molecule has 36 heavy (non-hydrogen) atoms. The third kappa shape index (κ3) is 11.5. The molecule has 0 spiro atoms. The van der Waals surface area contributed by atoms with Gasteiger partial charge in [-0.05, 0) is 81.9 Å². The Labute approximate surface area is 216 Å². The summed E-state index contributed by atoms with van der Waals surface area (Å²) < 4.78 is 5.46. The van der Waals surface area contributed by atoms with E-state index in [2.05, 4.69) is 13.8 Å². The van der Waals surface area contributed by atoms with E-state index >= 15 is 0 Å². The second kappa shape index (κ2) is 14.3. The first kappa shape index (κ1) is 29.7. The highest BCUT2D eigenvalue weighted by Gasteiger charge is 2.30. The molecule has 0 aliphatic heterocycles. The Morgan fingerprint density at radius 3 is 1.89 bits per heavy atom. The van der Waals surface area contributed by atoms with Gasteiger partial charge in [-0.15, -0.1) is 0 Å². The lowest BCUT2D eigenvalue weighted by Crippen LogP contribution is -2.30. The molecule has 2 rings (SSSR count). The number of ketones is 1. The maximum Gasteiger partial charge on any atom is 0.316 e. The molecule has 0 heterocycles. The average Bonchev–Trinajstić information content (AvgIpc) is 2.82. The fraction of sp³-hybridized carbons (Fsp3) is 0.548. The molecule has 5 nitrogen and oxygen atoms in total. The van der Waals surface area contributed by atoms with Gasteiger partial charge in [-0.25, -0.2) is 0 Å². The van der Waals surface area contributed by atoms with Crippen molar-refractivity contribution >= 4 is 11.8 Å². The lowest BCUT2D eigenvalue weighted by atomic mass is 9.80. The summed E-state index contributed by atoms with van der Waals surface area (Å²) in [6.45, 7) is 7.83. The summed E-state index contributed by atoms with van der Waals surface area (Å²) in [6, 6.07) is 18.8. The predicted molar refractivity (Wildman–Crippen MR) is 144 cm³/mol. The zero-order chi connectivity index (χ0) is 26.6. The Morgan fingerprint density at radius 1 is 0.778 bits per heavy atom. The van der Waals surface area contributed by atoms with Gasteiger partial charge in [0.1, 0.15) is 11.5 Å². The molecular weight excluding hydrogens is 452 g/mol. The molecule has 2 aromatic rings. The van der Waals surface area contributed by atoms with E-state index in [-0.39, 0.29) is 17.2 Å². The van der Waals surface area contributed by atoms with Crippen molar-refractivity contribution < 1.29 is 24.5 Å². The van der Waals surface area contributed by atoms with Crippen molar-refractivity contribution in [3.8, 4) is 5.75 Å². The SMILES string of the molecule is CC(C)(CCC(O)CCCC(O)CCC(C)(C)C(=O)Oc1ccccc1)CC(=O)Cc1ccccc1. The van der Waals surface area contributed by atoms with Crippen LogP contribution in [0.3, 0.4) is 0 Å². The van der Waals surface area contributed by atoms with Crippen molar-refractivity contribution in [2.75, 3.05) is 0 Å². The number of carbonyl (C=O) groups excluding carboxylic acids is 2. The third-order valence-corrected chi connectivity index (χ3v) is 6.76. The molecule has 0 bridgehead atoms. The number of benzene rings is 2. The van der Waals surface area contributed by atoms with E-state index in [0.29, 0.717) is 57.1 Å². The van der Waals surface area contributed by atoms with Gasteiger partial charge in [-0.3, -0.25) is 9.59 Å². The van der Waals surface area contributed by atoms with Crippen molar-refractivity contribution in [1.82, 2.24) is 0 Å². The molecule has 0 aliphatic rings. The van der Waals surface area contributed by atoms with Gasteiger partial charge in [0.25, 0.3) is 0 Å². The predicted octanol–water partition coefficient (Wildman–Crippen LogP) is 6.30. The first-order chi connectivity index (χ1) is 17.0. The summed E-state index contributed by atoms with van der Waals surface area (Å²) >= 11 is 0. The zero-order valence-corrected chi connectivity index (χ0v) is 22.4. The number of aliphatic hydroxyl groups excluding tert-OH is 2. The largest absolute Gasteiger partial charge is 0.426 e. The molecule has 5 heteroatoms. The summed E-state index contributed by atoms with van der Waals surface area (Å²) in [6.07, 6.45) is 4.33. The molecule has 0 aromatic heterocycles. The molecule has 0 saturated heterocycles. The van der Waals surface area contributed by atoms with E-state index in [4.69, 9.17) is 4.74 Å². The highest BCUT2D eigenvalue weighted by molar-refractivity contribution is 5.81. The van der Waals surface area contributed by atoms with Gasteiger partial charge in [0, 0.05) is 12.8 Å². The molecule has 0 aliphatic carbocycles. The number of Topliss-reactive ketones (excluding diaryl/α,β-unsaturated/α-hetero) is 1. The first-order valence-corrected chi connectivity index (χ1v) is 13.2. The Bertz CT molecular complexity index is 920. The van der Waals surface area contributed by atoms with Crippen LogP contribution in [0.2, 0.25) is 0 Å². The van der Waals surface area contributed by atoms with E-state index in [1.54, 1.807) is 12.1 Å². The molecule has 2 atom stereocenters. The van der Waals surface area contributed by atoms with Gasteiger partial charge in [-0.2, -0.15) is 0 Å². The minimum atomic E-state index is -0.695. The normalized spacial score (nSPS) is 13.7. The summed E-state index contributed by atoms with van der Waals surface area (Å²) in [4.78, 5) is 25.0. The van der Waals surface area contributed by atoms with Gasteiger partial charge in [-0.1, -0.05) is 62.4 Å². The van der Waals surface area contributed by atoms with Gasteiger partial charge < -0.3 is 14.9 Å². The number of aliphatic hydroxyl groups is 2. The minimum Gasteiger partial charge on any atom is -0.426 e. The quantitative estimate of drug-likeness (QED) is 0.210. The highest BCUT2D eigenvalue weighted by atomic mass is 16.5. The molecule has 0 fully saturated rings. The molecule has 2 unspecified atom stereocenters. The number of para-hydroxylation sites is 1. The molecular formula is C31H44O5. The van der Waals surface area contributed by atoms with E-state index in [9.17, 15) is 19.8 Å². The second-order valence-corrected chi connectivity index (χ2v) is 11.4. The van der Waals surface area contributed by atoms with Crippen molar-refractivity contribution in [3.05, 3.63) is 66.2 Å². The van der Waals surface area contributed by atoms with Crippen LogP contribution in [0.25, 0.3) is 0 Å². The lowest BCUT2D eigenvalue weighted by molar-refractivity contribution is -0.144. The fourth-order valence-corrected chi connectivity index (χ4v) is 4.31. The van der Waals surface area contributed by atoms with Crippen molar-refractivity contribution in [2.45, 2.75) is 97.7 Å². The maximum atomic E-state index is 12.5. The number of hydrogen-bond donors (Lipinski definition) is 2. The van der Waals surface area contributed by atoms with Gasteiger partial charge in [0.2, 0.25) is 0 Å². The van der Waals surface area contributed by atoms with Gasteiger partial charge >= 0.3 is 5.97 Å². The molecule has 0 amide bonds. The third-order valence-electron chi connectivity index (χ3n) is 6.76. The van der Waals surface area contributed by atoms with E-state index in [1.165, 1.54) is 0 Å². The molecule has 0 saturated carbocycles. The Morgan fingerprint density at radius 2 is 1.31 bits per heavy atom. The van der Waals surface area contributed by atoms with Crippen LogP contribution in [0.15, 0.2) is 60.7 Å². The standard InChI is InChI=1S/C31H44O5/c1-30(2,23-27(34)22-24-12-7-5-8-13-24)20-18-25(32)14-11-15-26(33)19-21-31(3,4)29(35)36-28-16-9-6-10-17-28/h5-10,12-13,16-17,25-26,32-33H,11,14-15,18-23H2,1-4H3. The monoisotopic (exact) mass is 496 g/mol. The summed E-state index contributed by atoms with van der Waals surface area (Å²) in [7, 11) is 0. The van der Waals surface area contributed by atoms with E-state index in [1.807, 2.05) is 62.4 Å². The number of ether oxygens (including phenoxy) is 1. The van der Waals surface area contributed by atoms with Gasteiger partial charge in [0.15, 0.2) is 0 Å². The fourth-order valence-electron chi connectivity index (χ4n) is 4.31. The van der Waals surface area contributed by atoms with Crippen LogP contribution in [0.4, 0.5) is 0 Å². The van der Waals surface area contributed by atoms with E-state index < -0.39 is 17.6 Å². The zero-order valence-electron chi connectivity index (χ0n) is 22.4. The lowest BCUT2D eigenvalue weighted by Gasteiger charge is -2.25. The van der Waals surface area contributed by atoms with Crippen LogP contribution >= 0.6 is 0 Å². The van der Waals surface area contributed by atoms with E-state index in [0.717, 1.165) is 12.0 Å². The summed E-state index contributed by atoms with van der Waals surface area (Å²) in [5, 5.41) is 20.8. The summed E-state index contributed by atoms with van der Waals surface area (Å²) in [5.41, 5.74) is 0.181. The van der Waals surface area contributed by atoms with Crippen LogP contribution in [-0.4, -0.2) is 34.2 Å². The van der Waals surface area contributed by atoms with Crippen LogP contribution in [-0.2, 0) is 16.0 Å². The van der Waals surface area contributed by atoms with Crippen LogP contribution in [0.1, 0.15) is 84.6 Å². The average molecular weight is 497 g/mol. The summed E-state index contributed by atoms with van der Waals surface area (Å²) in [5.74, 6) is 0.439. The topological polar surface area (TPSA) is 83.8 Å². The van der Waals surface area contributed by atoms with Crippen molar-refractivity contribution in [2.24, 2.45) is 10.8 Å². The van der Waals surface area contributed by atoms with Gasteiger partial charge in [0.05, 0.1) is 17.6 Å². The highest BCUT2D eigenvalue weighted by Crippen LogP contribution is 2.30. The van der Waals surface area contributed by atoms with Crippen LogP contribution in [0.5, 0.6) is 5.75 Å². The Kier molecular flexibility index (Phi) is 11.8. The Balaban J connectivity index is 1.62.